The standard InChI is InChI=1S/C26H20O6/c1-17-4-3-5-20(14-17)31-24-16-30-23-15-21(11-12-22(23)26(24)28)32-25(27)13-8-18-6-9-19(29-2)10-7-18/h3-16H,1-2H3/b13-8+. The summed E-state index contributed by atoms with van der Waals surface area (Å²) in [7, 11) is 1.59. The molecule has 4 rings (SSSR count). The summed E-state index contributed by atoms with van der Waals surface area (Å²) in [6, 6.07) is 19.2. The van der Waals surface area contributed by atoms with E-state index >= 15 is 0 Å². The summed E-state index contributed by atoms with van der Waals surface area (Å²) in [5.41, 5.74) is 1.81. The van der Waals surface area contributed by atoms with Crippen LogP contribution in [0.4, 0.5) is 0 Å². The maximum atomic E-state index is 12.7. The molecule has 0 N–H and O–H groups in total. The van der Waals surface area contributed by atoms with E-state index in [-0.39, 0.29) is 22.5 Å². The highest BCUT2D eigenvalue weighted by molar-refractivity contribution is 5.89. The van der Waals surface area contributed by atoms with Gasteiger partial charge < -0.3 is 18.6 Å². The summed E-state index contributed by atoms with van der Waals surface area (Å²) in [6.07, 6.45) is 4.21. The number of benzene rings is 3. The highest BCUT2D eigenvalue weighted by atomic mass is 16.5. The number of hydrogen-bond donors (Lipinski definition) is 0. The van der Waals surface area contributed by atoms with E-state index in [4.69, 9.17) is 18.6 Å². The Kier molecular flexibility index (Phi) is 6.03. The van der Waals surface area contributed by atoms with Crippen LogP contribution in [0.5, 0.6) is 23.0 Å². The predicted molar refractivity (Wildman–Crippen MR) is 121 cm³/mol. The van der Waals surface area contributed by atoms with Gasteiger partial charge >= 0.3 is 5.97 Å². The van der Waals surface area contributed by atoms with Gasteiger partial charge in [-0.1, -0.05) is 24.3 Å². The molecule has 1 heterocycles. The molecule has 0 aliphatic carbocycles. The van der Waals surface area contributed by atoms with Crippen molar-refractivity contribution < 1.29 is 23.4 Å². The summed E-state index contributed by atoms with van der Waals surface area (Å²) in [5, 5.41) is 0.323. The molecule has 0 spiro atoms. The lowest BCUT2D eigenvalue weighted by molar-refractivity contribution is -0.128. The van der Waals surface area contributed by atoms with E-state index in [1.165, 1.54) is 24.5 Å². The zero-order valence-corrected chi connectivity index (χ0v) is 17.5. The van der Waals surface area contributed by atoms with Gasteiger partial charge in [-0.05, 0) is 60.5 Å². The van der Waals surface area contributed by atoms with Gasteiger partial charge in [0.1, 0.15) is 29.1 Å². The number of esters is 1. The van der Waals surface area contributed by atoms with Crippen molar-refractivity contribution in [1.29, 1.82) is 0 Å². The minimum atomic E-state index is -0.554. The van der Waals surface area contributed by atoms with Gasteiger partial charge in [0.15, 0.2) is 0 Å². The van der Waals surface area contributed by atoms with Gasteiger partial charge in [0, 0.05) is 12.1 Å². The number of rotatable bonds is 6. The van der Waals surface area contributed by atoms with Crippen LogP contribution in [0.1, 0.15) is 11.1 Å². The third-order valence-electron chi connectivity index (χ3n) is 4.68. The molecule has 6 nitrogen and oxygen atoms in total. The summed E-state index contributed by atoms with van der Waals surface area (Å²) in [5.74, 6) is 1.07. The summed E-state index contributed by atoms with van der Waals surface area (Å²) < 4.78 is 21.7. The Morgan fingerprint density at radius 2 is 1.72 bits per heavy atom. The molecule has 0 aliphatic rings. The van der Waals surface area contributed by atoms with Crippen LogP contribution in [0.15, 0.2) is 88.3 Å². The number of hydrogen-bond acceptors (Lipinski definition) is 6. The number of aryl methyl sites for hydroxylation is 1. The molecular weight excluding hydrogens is 408 g/mol. The monoisotopic (exact) mass is 428 g/mol. The fourth-order valence-corrected chi connectivity index (χ4v) is 3.06. The van der Waals surface area contributed by atoms with Crippen molar-refractivity contribution >= 4 is 23.0 Å². The molecule has 0 saturated heterocycles. The summed E-state index contributed by atoms with van der Waals surface area (Å²) >= 11 is 0. The number of carbonyl (C=O) groups excluding carboxylic acids is 1. The molecule has 3 aromatic carbocycles. The minimum absolute atomic E-state index is 0.0790. The molecule has 0 saturated carbocycles. The lowest BCUT2D eigenvalue weighted by Gasteiger charge is -2.07. The van der Waals surface area contributed by atoms with E-state index in [1.54, 1.807) is 37.5 Å². The third-order valence-corrected chi connectivity index (χ3v) is 4.68. The largest absolute Gasteiger partial charge is 0.497 e. The fraction of sp³-hybridized carbons (Fsp3) is 0.0769. The Balaban J connectivity index is 1.49. The molecule has 160 valence electrons. The zero-order chi connectivity index (χ0) is 22.5. The second-order valence-corrected chi connectivity index (χ2v) is 7.03. The van der Waals surface area contributed by atoms with Crippen LogP contribution in [0, 0.1) is 6.92 Å². The first kappa shape index (κ1) is 20.9. The van der Waals surface area contributed by atoms with E-state index < -0.39 is 5.97 Å². The average molecular weight is 428 g/mol. The number of methoxy groups -OCH3 is 1. The van der Waals surface area contributed by atoms with E-state index in [1.807, 2.05) is 37.3 Å². The highest BCUT2D eigenvalue weighted by Gasteiger charge is 2.11. The molecule has 0 amide bonds. The van der Waals surface area contributed by atoms with Gasteiger partial charge in [0.25, 0.3) is 0 Å². The molecule has 0 aliphatic heterocycles. The van der Waals surface area contributed by atoms with Crippen molar-refractivity contribution in [2.45, 2.75) is 6.92 Å². The first-order valence-electron chi connectivity index (χ1n) is 9.86. The van der Waals surface area contributed by atoms with Gasteiger partial charge in [0.05, 0.1) is 12.5 Å². The second-order valence-electron chi connectivity index (χ2n) is 7.03. The van der Waals surface area contributed by atoms with Gasteiger partial charge in [-0.3, -0.25) is 4.79 Å². The van der Waals surface area contributed by atoms with Crippen molar-refractivity contribution in [3.63, 3.8) is 0 Å². The van der Waals surface area contributed by atoms with Crippen molar-refractivity contribution in [1.82, 2.24) is 0 Å². The van der Waals surface area contributed by atoms with Gasteiger partial charge in [-0.2, -0.15) is 0 Å². The van der Waals surface area contributed by atoms with Crippen LogP contribution in [0.2, 0.25) is 0 Å². The Bertz CT molecular complexity index is 1350. The average Bonchev–Trinajstić information content (AvgIpc) is 2.80. The van der Waals surface area contributed by atoms with Crippen LogP contribution < -0.4 is 19.6 Å². The van der Waals surface area contributed by atoms with Crippen molar-refractivity contribution in [3.05, 3.63) is 100 Å². The van der Waals surface area contributed by atoms with Crippen LogP contribution in [0.3, 0.4) is 0 Å². The lowest BCUT2D eigenvalue weighted by atomic mass is 10.2. The second kappa shape index (κ2) is 9.22. The maximum Gasteiger partial charge on any atom is 0.336 e. The Hall–Kier alpha value is -4.32. The first-order valence-corrected chi connectivity index (χ1v) is 9.86. The van der Waals surface area contributed by atoms with E-state index in [0.717, 1.165) is 16.9 Å². The topological polar surface area (TPSA) is 75.0 Å². The normalized spacial score (nSPS) is 10.9. The minimum Gasteiger partial charge on any atom is -0.497 e. The van der Waals surface area contributed by atoms with E-state index in [0.29, 0.717) is 11.1 Å². The molecule has 0 unspecified atom stereocenters. The first-order chi connectivity index (χ1) is 15.5. The van der Waals surface area contributed by atoms with Crippen molar-refractivity contribution in [3.8, 4) is 23.0 Å². The molecule has 4 aromatic rings. The van der Waals surface area contributed by atoms with Gasteiger partial charge in [-0.15, -0.1) is 0 Å². The van der Waals surface area contributed by atoms with Gasteiger partial charge in [-0.25, -0.2) is 4.79 Å². The molecule has 0 radical (unpaired) electrons. The lowest BCUT2D eigenvalue weighted by Crippen LogP contribution is -2.06. The SMILES string of the molecule is COc1ccc(/C=C/C(=O)Oc2ccc3c(=O)c(Oc4cccc(C)c4)coc3c2)cc1. The molecular formula is C26H20O6. The van der Waals surface area contributed by atoms with Crippen LogP contribution in [0.25, 0.3) is 17.0 Å². The molecule has 0 fully saturated rings. The molecule has 6 heteroatoms. The Labute approximate surface area is 184 Å². The summed E-state index contributed by atoms with van der Waals surface area (Å²) in [6.45, 7) is 1.94. The fourth-order valence-electron chi connectivity index (χ4n) is 3.06. The van der Waals surface area contributed by atoms with Crippen LogP contribution >= 0.6 is 0 Å². The third kappa shape index (κ3) is 4.87. The quantitative estimate of drug-likeness (QED) is 0.229. The zero-order valence-electron chi connectivity index (χ0n) is 17.5. The smallest absolute Gasteiger partial charge is 0.336 e. The maximum absolute atomic E-state index is 12.7. The number of ether oxygens (including phenoxy) is 3. The Morgan fingerprint density at radius 3 is 2.47 bits per heavy atom. The van der Waals surface area contributed by atoms with E-state index in [2.05, 4.69) is 0 Å². The Morgan fingerprint density at radius 1 is 0.938 bits per heavy atom. The number of fused-ring (bicyclic) bond motifs is 1. The highest BCUT2D eigenvalue weighted by Crippen LogP contribution is 2.24. The molecule has 0 bridgehead atoms. The molecule has 0 atom stereocenters. The van der Waals surface area contributed by atoms with Crippen LogP contribution in [-0.4, -0.2) is 13.1 Å². The molecule has 32 heavy (non-hydrogen) atoms. The van der Waals surface area contributed by atoms with Crippen LogP contribution in [-0.2, 0) is 4.79 Å². The van der Waals surface area contributed by atoms with Crippen molar-refractivity contribution in [2.24, 2.45) is 0 Å². The molecule has 1 aromatic heterocycles. The van der Waals surface area contributed by atoms with Crippen molar-refractivity contribution in [2.75, 3.05) is 7.11 Å². The van der Waals surface area contributed by atoms with E-state index in [9.17, 15) is 9.59 Å². The van der Waals surface area contributed by atoms with Gasteiger partial charge in [0.2, 0.25) is 11.2 Å². The summed E-state index contributed by atoms with van der Waals surface area (Å²) in [4.78, 5) is 24.9. The predicted octanol–water partition coefficient (Wildman–Crippen LogP) is 5.52. The number of carbonyl (C=O) groups is 1.